The number of hydrogen-bond donors (Lipinski definition) is 1. The minimum atomic E-state index is -0.0515. The van der Waals surface area contributed by atoms with E-state index in [0.717, 1.165) is 23.0 Å². The number of pyridine rings is 2. The second kappa shape index (κ2) is 9.03. The van der Waals surface area contributed by atoms with E-state index < -0.39 is 0 Å². The summed E-state index contributed by atoms with van der Waals surface area (Å²) in [6, 6.07) is 19.1. The van der Waals surface area contributed by atoms with Crippen molar-refractivity contribution >= 4 is 23.0 Å². The molecule has 1 N–H and O–H groups in total. The molecule has 34 heavy (non-hydrogen) atoms. The summed E-state index contributed by atoms with van der Waals surface area (Å²) < 4.78 is 2.38. The van der Waals surface area contributed by atoms with E-state index in [1.807, 2.05) is 30.7 Å². The molecule has 172 valence electrons. The molecule has 1 fully saturated rings. The van der Waals surface area contributed by atoms with E-state index in [0.29, 0.717) is 0 Å². The van der Waals surface area contributed by atoms with Gasteiger partial charge < -0.3 is 14.8 Å². The summed E-state index contributed by atoms with van der Waals surface area (Å²) in [5.74, 6) is 0. The van der Waals surface area contributed by atoms with Crippen molar-refractivity contribution in [2.45, 2.75) is 46.3 Å². The summed E-state index contributed by atoms with van der Waals surface area (Å²) in [6.45, 7) is 9.46. The van der Waals surface area contributed by atoms with Crippen molar-refractivity contribution in [2.75, 3.05) is 4.90 Å². The van der Waals surface area contributed by atoms with Gasteiger partial charge in [-0.3, -0.25) is 9.97 Å². The summed E-state index contributed by atoms with van der Waals surface area (Å²) in [7, 11) is 0. The first-order valence-corrected chi connectivity index (χ1v) is 12.0. The number of nitrogens with zero attached hydrogens (tertiary/aromatic N) is 4. The van der Waals surface area contributed by atoms with Crippen LogP contribution in [0.2, 0.25) is 0 Å². The number of hydrogen-bond acceptors (Lipinski definition) is 3. The van der Waals surface area contributed by atoms with E-state index in [1.54, 1.807) is 0 Å². The van der Waals surface area contributed by atoms with Gasteiger partial charge in [0.15, 0.2) is 5.11 Å². The second-order valence-electron chi connectivity index (χ2n) is 9.11. The molecule has 6 heteroatoms. The Bertz CT molecular complexity index is 1310. The molecule has 0 amide bonds. The Balaban J connectivity index is 1.64. The van der Waals surface area contributed by atoms with Gasteiger partial charge in [-0.25, -0.2) is 0 Å². The Hall–Kier alpha value is -3.51. The third-order valence-corrected chi connectivity index (χ3v) is 6.92. The highest BCUT2D eigenvalue weighted by Crippen LogP contribution is 2.43. The van der Waals surface area contributed by atoms with Crippen LogP contribution >= 0.6 is 12.2 Å². The molecular weight excluding hydrogens is 438 g/mol. The van der Waals surface area contributed by atoms with Crippen molar-refractivity contribution in [1.82, 2.24) is 19.9 Å². The lowest BCUT2D eigenvalue weighted by Crippen LogP contribution is -2.29. The van der Waals surface area contributed by atoms with Crippen LogP contribution < -0.4 is 10.2 Å². The maximum absolute atomic E-state index is 5.92. The van der Waals surface area contributed by atoms with Gasteiger partial charge >= 0.3 is 0 Å². The van der Waals surface area contributed by atoms with Crippen LogP contribution in [0.5, 0.6) is 0 Å². The average Bonchev–Trinajstić information content (AvgIpc) is 3.30. The molecule has 1 aliphatic heterocycles. The van der Waals surface area contributed by atoms with E-state index in [9.17, 15) is 0 Å². The molecule has 0 radical (unpaired) electrons. The largest absolute Gasteiger partial charge is 0.351 e. The highest BCUT2D eigenvalue weighted by Gasteiger charge is 2.42. The number of nitrogens with one attached hydrogen (secondary N) is 1. The molecule has 1 aliphatic rings. The van der Waals surface area contributed by atoms with Gasteiger partial charge in [0.1, 0.15) is 0 Å². The Labute approximate surface area is 206 Å². The van der Waals surface area contributed by atoms with Gasteiger partial charge in [0.25, 0.3) is 0 Å². The molecule has 4 aromatic rings. The topological polar surface area (TPSA) is 46.0 Å². The highest BCUT2D eigenvalue weighted by atomic mass is 32.1. The van der Waals surface area contributed by atoms with Crippen LogP contribution in [0, 0.1) is 27.7 Å². The first-order chi connectivity index (χ1) is 16.4. The lowest BCUT2D eigenvalue weighted by Gasteiger charge is -2.29. The number of aromatic nitrogens is 3. The zero-order valence-electron chi connectivity index (χ0n) is 20.0. The maximum Gasteiger partial charge on any atom is 0.174 e. The molecule has 1 aromatic carbocycles. The van der Waals surface area contributed by atoms with Crippen LogP contribution in [0.4, 0.5) is 5.69 Å². The SMILES string of the molecule is Cc1cc(C)cc(N2C(=S)N[C@@H](c3ccccn3)[C@@H]2c2cc(C)n(Cc3ccncc3)c2C)c1. The summed E-state index contributed by atoms with van der Waals surface area (Å²) in [5.41, 5.74) is 9.49. The fraction of sp³-hybridized carbons (Fsp3) is 0.250. The molecule has 1 saturated heterocycles. The number of anilines is 1. The fourth-order valence-corrected chi connectivity index (χ4v) is 5.43. The summed E-state index contributed by atoms with van der Waals surface area (Å²) in [6.07, 6.45) is 5.55. The van der Waals surface area contributed by atoms with Gasteiger partial charge in [-0.2, -0.15) is 0 Å². The Kier molecular flexibility index (Phi) is 5.92. The van der Waals surface area contributed by atoms with Crippen LogP contribution in [0.3, 0.4) is 0 Å². The molecular formula is C28H29N5S. The smallest absolute Gasteiger partial charge is 0.174 e. The molecule has 5 rings (SSSR count). The molecule has 2 atom stereocenters. The summed E-state index contributed by atoms with van der Waals surface area (Å²) in [5, 5.41) is 4.32. The molecule has 3 aromatic heterocycles. The van der Waals surface area contributed by atoms with Crippen molar-refractivity contribution in [3.8, 4) is 0 Å². The van der Waals surface area contributed by atoms with E-state index in [-0.39, 0.29) is 12.1 Å². The zero-order valence-corrected chi connectivity index (χ0v) is 20.8. The third kappa shape index (κ3) is 4.10. The Morgan fingerprint density at radius 1 is 0.912 bits per heavy atom. The van der Waals surface area contributed by atoms with Crippen LogP contribution in [-0.4, -0.2) is 19.6 Å². The number of rotatable bonds is 5. The van der Waals surface area contributed by atoms with Gasteiger partial charge in [0.2, 0.25) is 0 Å². The van der Waals surface area contributed by atoms with Gasteiger partial charge in [-0.15, -0.1) is 0 Å². The summed E-state index contributed by atoms with van der Waals surface area (Å²) >= 11 is 5.92. The quantitative estimate of drug-likeness (QED) is 0.380. The second-order valence-corrected chi connectivity index (χ2v) is 9.50. The summed E-state index contributed by atoms with van der Waals surface area (Å²) in [4.78, 5) is 11.1. The van der Waals surface area contributed by atoms with Crippen LogP contribution in [0.25, 0.3) is 0 Å². The number of benzene rings is 1. The van der Waals surface area contributed by atoms with Crippen LogP contribution in [0.1, 0.15) is 51.4 Å². The molecule has 0 spiro atoms. The predicted molar refractivity (Wildman–Crippen MR) is 141 cm³/mol. The number of aryl methyl sites for hydroxylation is 3. The van der Waals surface area contributed by atoms with Gasteiger partial charge in [0.05, 0.1) is 17.8 Å². The van der Waals surface area contributed by atoms with Crippen molar-refractivity contribution in [3.05, 3.63) is 113 Å². The lowest BCUT2D eigenvalue weighted by molar-refractivity contribution is 0.563. The lowest BCUT2D eigenvalue weighted by atomic mass is 9.96. The van der Waals surface area contributed by atoms with E-state index in [1.165, 1.54) is 33.6 Å². The standard InChI is InChI=1S/C28H29N5S/c1-18-13-19(2)15-23(14-18)33-27(26(31-28(33)34)25-7-5-6-10-30-25)24-16-20(3)32(21(24)4)17-22-8-11-29-12-9-22/h5-16,26-27H,17H2,1-4H3,(H,31,34)/t26-,27-/m0/s1. The van der Waals surface area contributed by atoms with Crippen molar-refractivity contribution in [1.29, 1.82) is 0 Å². The first kappa shape index (κ1) is 22.3. The molecule has 0 bridgehead atoms. The van der Waals surface area contributed by atoms with E-state index >= 15 is 0 Å². The van der Waals surface area contributed by atoms with Gasteiger partial charge in [-0.05, 0) is 105 Å². The normalized spacial score (nSPS) is 17.8. The molecule has 5 nitrogen and oxygen atoms in total. The Morgan fingerprint density at radius 2 is 1.65 bits per heavy atom. The van der Waals surface area contributed by atoms with E-state index in [4.69, 9.17) is 17.2 Å². The van der Waals surface area contributed by atoms with Crippen molar-refractivity contribution in [2.24, 2.45) is 0 Å². The van der Waals surface area contributed by atoms with Gasteiger partial charge in [0, 0.05) is 42.2 Å². The zero-order chi connectivity index (χ0) is 23.8. The molecule has 4 heterocycles. The Morgan fingerprint density at radius 3 is 2.32 bits per heavy atom. The van der Waals surface area contributed by atoms with Crippen LogP contribution in [-0.2, 0) is 6.54 Å². The predicted octanol–water partition coefficient (Wildman–Crippen LogP) is 5.74. The number of thiocarbonyl (C=S) groups is 1. The van der Waals surface area contributed by atoms with Crippen LogP contribution in [0.15, 0.2) is 73.2 Å². The highest BCUT2D eigenvalue weighted by molar-refractivity contribution is 7.80. The minimum Gasteiger partial charge on any atom is -0.351 e. The maximum atomic E-state index is 5.92. The fourth-order valence-electron chi connectivity index (χ4n) is 5.08. The monoisotopic (exact) mass is 467 g/mol. The molecule has 0 saturated carbocycles. The van der Waals surface area contributed by atoms with Crippen molar-refractivity contribution < 1.29 is 0 Å². The minimum absolute atomic E-state index is 0.0130. The van der Waals surface area contributed by atoms with Gasteiger partial charge in [-0.1, -0.05) is 12.1 Å². The van der Waals surface area contributed by atoms with E-state index in [2.05, 4.69) is 89.9 Å². The molecule has 0 aliphatic carbocycles. The first-order valence-electron chi connectivity index (χ1n) is 11.6. The third-order valence-electron chi connectivity index (χ3n) is 6.60. The van der Waals surface area contributed by atoms with Crippen molar-refractivity contribution in [3.63, 3.8) is 0 Å². The molecule has 0 unspecified atom stereocenters. The average molecular weight is 468 g/mol.